The van der Waals surface area contributed by atoms with E-state index in [-0.39, 0.29) is 18.9 Å². The summed E-state index contributed by atoms with van der Waals surface area (Å²) in [4.78, 5) is 15.1. The minimum Gasteiger partial charge on any atom is -0.454 e. The first-order valence-corrected chi connectivity index (χ1v) is 9.52. The third-order valence-corrected chi connectivity index (χ3v) is 5.38. The van der Waals surface area contributed by atoms with Crippen molar-refractivity contribution in [3.05, 3.63) is 48.4 Å². The summed E-state index contributed by atoms with van der Waals surface area (Å²) in [5.74, 6) is 1.48. The third kappa shape index (κ3) is 3.11. The van der Waals surface area contributed by atoms with Crippen LogP contribution in [0.3, 0.4) is 0 Å². The van der Waals surface area contributed by atoms with Gasteiger partial charge in [0, 0.05) is 18.8 Å². The minimum absolute atomic E-state index is 0.124. The number of amides is 2. The van der Waals surface area contributed by atoms with Gasteiger partial charge in [0.05, 0.1) is 5.69 Å². The van der Waals surface area contributed by atoms with Crippen LogP contribution in [0.4, 0.5) is 10.5 Å². The lowest BCUT2D eigenvalue weighted by molar-refractivity contribution is 0.173. The second-order valence-electron chi connectivity index (χ2n) is 7.17. The molecule has 28 heavy (non-hydrogen) atoms. The average molecular weight is 379 g/mol. The maximum Gasteiger partial charge on any atom is 0.322 e. The number of aromatic nitrogens is 3. The zero-order valence-corrected chi connectivity index (χ0v) is 15.4. The van der Waals surface area contributed by atoms with E-state index in [1.54, 1.807) is 10.7 Å². The molecule has 1 N–H and O–H groups in total. The Balaban J connectivity index is 1.40. The van der Waals surface area contributed by atoms with Crippen molar-refractivity contribution in [3.63, 3.8) is 0 Å². The van der Waals surface area contributed by atoms with Crippen molar-refractivity contribution in [3.8, 4) is 11.5 Å². The smallest absolute Gasteiger partial charge is 0.322 e. The summed E-state index contributed by atoms with van der Waals surface area (Å²) >= 11 is 0. The van der Waals surface area contributed by atoms with Gasteiger partial charge in [-0.3, -0.25) is 4.40 Å². The van der Waals surface area contributed by atoms with E-state index in [9.17, 15) is 4.79 Å². The number of benzene rings is 1. The van der Waals surface area contributed by atoms with E-state index >= 15 is 0 Å². The van der Waals surface area contributed by atoms with Crippen LogP contribution in [0.1, 0.15) is 31.2 Å². The van der Waals surface area contributed by atoms with Gasteiger partial charge in [0.2, 0.25) is 6.79 Å². The lowest BCUT2D eigenvalue weighted by Gasteiger charge is -2.29. The highest BCUT2D eigenvalue weighted by atomic mass is 16.7. The summed E-state index contributed by atoms with van der Waals surface area (Å²) in [5, 5.41) is 11.0. The van der Waals surface area contributed by atoms with E-state index in [1.165, 1.54) is 0 Å². The highest BCUT2D eigenvalue weighted by molar-refractivity contribution is 5.93. The van der Waals surface area contributed by atoms with Gasteiger partial charge in [-0.2, -0.15) is 0 Å². The predicted molar refractivity (Wildman–Crippen MR) is 102 cm³/mol. The predicted octanol–water partition coefficient (Wildman–Crippen LogP) is 3.43. The molecule has 1 fully saturated rings. The fourth-order valence-electron chi connectivity index (χ4n) is 3.95. The topological polar surface area (TPSA) is 81.0 Å². The van der Waals surface area contributed by atoms with Crippen molar-refractivity contribution in [2.24, 2.45) is 0 Å². The summed E-state index contributed by atoms with van der Waals surface area (Å²) < 4.78 is 12.7. The fourth-order valence-corrected chi connectivity index (χ4v) is 3.95. The SMILES string of the molecule is O=C(Nc1cccn2cnnc12)N(Cc1ccc2c(c1)OCO2)C1CCCC1. The molecule has 0 spiro atoms. The highest BCUT2D eigenvalue weighted by Gasteiger charge is 2.28. The number of carbonyl (C=O) groups is 1. The quantitative estimate of drug-likeness (QED) is 0.751. The lowest BCUT2D eigenvalue weighted by atomic mass is 10.1. The van der Waals surface area contributed by atoms with Gasteiger partial charge in [0.15, 0.2) is 17.1 Å². The highest BCUT2D eigenvalue weighted by Crippen LogP contribution is 2.34. The molecule has 0 atom stereocenters. The standard InChI is InChI=1S/C20H21N5O3/c26-20(22-16-6-3-9-24-12-21-23-19(16)24)25(15-4-1-2-5-15)11-14-7-8-17-18(10-14)28-13-27-17/h3,6-10,12,15H,1-2,4-5,11,13H2,(H,22,26). The van der Waals surface area contributed by atoms with Gasteiger partial charge in [0.25, 0.3) is 0 Å². The van der Waals surface area contributed by atoms with Gasteiger partial charge >= 0.3 is 6.03 Å². The number of urea groups is 1. The molecule has 2 aromatic heterocycles. The Kier molecular flexibility index (Phi) is 4.23. The lowest BCUT2D eigenvalue weighted by Crippen LogP contribution is -2.41. The van der Waals surface area contributed by atoms with Crippen LogP contribution in [-0.2, 0) is 6.54 Å². The number of fused-ring (bicyclic) bond motifs is 2. The van der Waals surface area contributed by atoms with Gasteiger partial charge in [-0.15, -0.1) is 10.2 Å². The van der Waals surface area contributed by atoms with Crippen LogP contribution < -0.4 is 14.8 Å². The molecule has 2 aliphatic rings. The van der Waals surface area contributed by atoms with Crippen LogP contribution in [0.15, 0.2) is 42.9 Å². The average Bonchev–Trinajstić information content (AvgIpc) is 3.47. The first-order chi connectivity index (χ1) is 13.8. The van der Waals surface area contributed by atoms with E-state index in [0.717, 1.165) is 42.7 Å². The second-order valence-corrected chi connectivity index (χ2v) is 7.17. The zero-order chi connectivity index (χ0) is 18.9. The Morgan fingerprint density at radius 2 is 2.07 bits per heavy atom. The molecule has 1 aliphatic carbocycles. The molecule has 2 amide bonds. The molecule has 1 saturated carbocycles. The summed E-state index contributed by atoms with van der Waals surface area (Å²) in [6.45, 7) is 0.761. The maximum absolute atomic E-state index is 13.2. The van der Waals surface area contributed by atoms with Crippen molar-refractivity contribution in [1.82, 2.24) is 19.5 Å². The molecule has 144 valence electrons. The summed E-state index contributed by atoms with van der Waals surface area (Å²) in [7, 11) is 0. The summed E-state index contributed by atoms with van der Waals surface area (Å²) in [6, 6.07) is 9.65. The first-order valence-electron chi connectivity index (χ1n) is 9.52. The number of rotatable bonds is 4. The number of ether oxygens (including phenoxy) is 2. The van der Waals surface area contributed by atoms with Gasteiger partial charge in [-0.25, -0.2) is 4.79 Å². The van der Waals surface area contributed by atoms with Crippen LogP contribution in [0.25, 0.3) is 5.65 Å². The Morgan fingerprint density at radius 3 is 2.96 bits per heavy atom. The Labute approximate surface area is 162 Å². The van der Waals surface area contributed by atoms with Gasteiger partial charge in [-0.05, 0) is 42.7 Å². The number of hydrogen-bond acceptors (Lipinski definition) is 5. The van der Waals surface area contributed by atoms with Crippen molar-refractivity contribution >= 4 is 17.4 Å². The summed E-state index contributed by atoms with van der Waals surface area (Å²) in [6.07, 6.45) is 7.81. The number of nitrogens with one attached hydrogen (secondary N) is 1. The molecular weight excluding hydrogens is 358 g/mol. The molecule has 1 aliphatic heterocycles. The third-order valence-electron chi connectivity index (χ3n) is 5.38. The van der Waals surface area contributed by atoms with Crippen LogP contribution in [0.5, 0.6) is 11.5 Å². The van der Waals surface area contributed by atoms with E-state index in [4.69, 9.17) is 9.47 Å². The van der Waals surface area contributed by atoms with Crippen molar-refractivity contribution in [2.75, 3.05) is 12.1 Å². The fraction of sp³-hybridized carbons (Fsp3) is 0.350. The van der Waals surface area contributed by atoms with Gasteiger partial charge in [0.1, 0.15) is 6.33 Å². The molecule has 3 aromatic rings. The number of hydrogen-bond donors (Lipinski definition) is 1. The largest absolute Gasteiger partial charge is 0.454 e. The van der Waals surface area contributed by atoms with Crippen LogP contribution in [0.2, 0.25) is 0 Å². The molecule has 0 radical (unpaired) electrons. The van der Waals surface area contributed by atoms with Crippen LogP contribution >= 0.6 is 0 Å². The van der Waals surface area contributed by atoms with E-state index < -0.39 is 0 Å². The minimum atomic E-state index is -0.124. The molecule has 5 rings (SSSR count). The first kappa shape index (κ1) is 16.9. The monoisotopic (exact) mass is 379 g/mol. The maximum atomic E-state index is 13.2. The van der Waals surface area contributed by atoms with E-state index in [0.29, 0.717) is 17.9 Å². The van der Waals surface area contributed by atoms with Gasteiger partial charge < -0.3 is 19.7 Å². The second kappa shape index (κ2) is 7.03. The van der Waals surface area contributed by atoms with E-state index in [1.807, 2.05) is 41.4 Å². The Bertz CT molecular complexity index is 1010. The molecule has 0 bridgehead atoms. The number of nitrogens with zero attached hydrogens (tertiary/aromatic N) is 4. The van der Waals surface area contributed by atoms with Crippen molar-refractivity contribution < 1.29 is 14.3 Å². The van der Waals surface area contributed by atoms with Gasteiger partial charge in [-0.1, -0.05) is 18.9 Å². The van der Waals surface area contributed by atoms with Crippen LogP contribution in [-0.4, -0.2) is 38.4 Å². The van der Waals surface area contributed by atoms with Crippen LogP contribution in [0, 0.1) is 0 Å². The molecule has 1 aromatic carbocycles. The number of pyridine rings is 1. The molecule has 0 saturated heterocycles. The summed E-state index contributed by atoms with van der Waals surface area (Å²) in [5.41, 5.74) is 2.30. The Hall–Kier alpha value is -3.29. The number of anilines is 1. The Morgan fingerprint density at radius 1 is 1.21 bits per heavy atom. The normalized spacial score (nSPS) is 15.9. The number of carbonyl (C=O) groups excluding carboxylic acids is 1. The zero-order valence-electron chi connectivity index (χ0n) is 15.4. The van der Waals surface area contributed by atoms with E-state index in [2.05, 4.69) is 15.5 Å². The molecule has 8 nitrogen and oxygen atoms in total. The molecule has 3 heterocycles. The van der Waals surface area contributed by atoms with Crippen molar-refractivity contribution in [2.45, 2.75) is 38.3 Å². The molecular formula is C20H21N5O3. The molecule has 8 heteroatoms. The molecule has 0 unspecified atom stereocenters. The van der Waals surface area contributed by atoms with Crippen molar-refractivity contribution in [1.29, 1.82) is 0 Å².